The van der Waals surface area contributed by atoms with E-state index in [0.29, 0.717) is 30.0 Å². The van der Waals surface area contributed by atoms with E-state index < -0.39 is 0 Å². The molecule has 1 amide bonds. The van der Waals surface area contributed by atoms with Gasteiger partial charge in [-0.2, -0.15) is 0 Å². The van der Waals surface area contributed by atoms with Crippen molar-refractivity contribution in [1.29, 1.82) is 0 Å². The lowest BCUT2D eigenvalue weighted by Crippen LogP contribution is -2.12. The molecule has 0 fully saturated rings. The van der Waals surface area contributed by atoms with E-state index in [9.17, 15) is 4.79 Å². The van der Waals surface area contributed by atoms with E-state index in [0.717, 1.165) is 33.3 Å². The van der Waals surface area contributed by atoms with E-state index in [-0.39, 0.29) is 5.91 Å². The number of fused-ring (bicyclic) bond motifs is 1. The van der Waals surface area contributed by atoms with Crippen molar-refractivity contribution in [1.82, 2.24) is 19.9 Å². The van der Waals surface area contributed by atoms with Crippen molar-refractivity contribution < 1.29 is 14.3 Å². The van der Waals surface area contributed by atoms with E-state index in [2.05, 4.69) is 31.8 Å². The zero-order valence-corrected chi connectivity index (χ0v) is 18.8. The number of amides is 1. The Morgan fingerprint density at radius 3 is 2.70 bits per heavy atom. The zero-order chi connectivity index (χ0) is 23.4. The molecule has 4 aromatic rings. The van der Waals surface area contributed by atoms with Crippen LogP contribution in [0.1, 0.15) is 13.8 Å². The largest absolute Gasteiger partial charge is 0.481 e. The molecule has 8 nitrogen and oxygen atoms in total. The van der Waals surface area contributed by atoms with Crippen LogP contribution >= 0.6 is 0 Å². The van der Waals surface area contributed by atoms with Crippen LogP contribution < -0.4 is 14.8 Å². The molecule has 4 heterocycles. The molecule has 0 aliphatic carbocycles. The van der Waals surface area contributed by atoms with Gasteiger partial charge in [0, 0.05) is 52.9 Å². The second-order valence-corrected chi connectivity index (χ2v) is 7.88. The van der Waals surface area contributed by atoms with E-state index >= 15 is 0 Å². The van der Waals surface area contributed by atoms with Crippen molar-refractivity contribution in [2.45, 2.75) is 13.8 Å². The molecular formula is C25H25N5O3. The van der Waals surface area contributed by atoms with Crippen LogP contribution in [-0.2, 0) is 4.79 Å². The molecule has 2 N–H and O–H groups in total. The predicted octanol–water partition coefficient (Wildman–Crippen LogP) is 4.85. The fourth-order valence-electron chi connectivity index (χ4n) is 3.33. The van der Waals surface area contributed by atoms with Gasteiger partial charge in [-0.3, -0.25) is 4.79 Å². The Morgan fingerprint density at radius 1 is 1.15 bits per heavy atom. The number of H-pyrrole nitrogens is 1. The highest BCUT2D eigenvalue weighted by molar-refractivity contribution is 6.00. The van der Waals surface area contributed by atoms with Crippen molar-refractivity contribution >= 4 is 22.6 Å². The predicted molar refractivity (Wildman–Crippen MR) is 128 cm³/mol. The van der Waals surface area contributed by atoms with Gasteiger partial charge in [-0.05, 0) is 35.8 Å². The minimum absolute atomic E-state index is 0.319. The van der Waals surface area contributed by atoms with Gasteiger partial charge in [-0.15, -0.1) is 0 Å². The summed E-state index contributed by atoms with van der Waals surface area (Å²) in [6.45, 7) is 8.10. The molecule has 0 saturated carbocycles. The lowest BCUT2D eigenvalue weighted by Gasteiger charge is -2.14. The van der Waals surface area contributed by atoms with Crippen LogP contribution in [0.4, 0.5) is 5.69 Å². The average Bonchev–Trinajstić information content (AvgIpc) is 3.26. The second kappa shape index (κ2) is 9.52. The lowest BCUT2D eigenvalue weighted by atomic mass is 10.0. The number of carbonyl (C=O) groups is 1. The zero-order valence-electron chi connectivity index (χ0n) is 18.8. The Morgan fingerprint density at radius 2 is 1.94 bits per heavy atom. The van der Waals surface area contributed by atoms with Gasteiger partial charge in [-0.1, -0.05) is 20.4 Å². The van der Waals surface area contributed by atoms with Crippen LogP contribution in [0.5, 0.6) is 11.8 Å². The van der Waals surface area contributed by atoms with E-state index in [1.54, 1.807) is 25.7 Å². The number of pyridine rings is 3. The van der Waals surface area contributed by atoms with Gasteiger partial charge in [0.2, 0.25) is 17.7 Å². The van der Waals surface area contributed by atoms with Crippen molar-refractivity contribution in [3.63, 3.8) is 0 Å². The monoisotopic (exact) mass is 443 g/mol. The van der Waals surface area contributed by atoms with Crippen molar-refractivity contribution in [2.75, 3.05) is 19.0 Å². The van der Waals surface area contributed by atoms with Gasteiger partial charge in [0.1, 0.15) is 11.3 Å². The fourth-order valence-corrected chi connectivity index (χ4v) is 3.33. The maximum Gasteiger partial charge on any atom is 0.247 e. The van der Waals surface area contributed by atoms with Gasteiger partial charge in [0.05, 0.1) is 13.7 Å². The molecule has 168 valence electrons. The van der Waals surface area contributed by atoms with Crippen molar-refractivity contribution in [2.24, 2.45) is 5.92 Å². The molecule has 4 rings (SSSR count). The standard InChI is InChI=1S/C25H25N5O3/c1-5-22(31)30-21-9-18(12-29-25(21)33-14-15(2)3)17-8-19-20(13-28-24(19)27-11-17)16-6-7-26-23(10-16)32-4/h5-13,15H,1,14H2,2-4H3,(H,27,28)(H,30,31). The number of nitrogens with one attached hydrogen (secondary N) is 2. The van der Waals surface area contributed by atoms with Crippen LogP contribution in [0.15, 0.2) is 61.7 Å². The molecule has 0 aliphatic rings. The molecule has 4 aromatic heterocycles. The summed E-state index contributed by atoms with van der Waals surface area (Å²) in [5, 5.41) is 3.73. The maximum atomic E-state index is 12.0. The highest BCUT2D eigenvalue weighted by atomic mass is 16.5. The summed E-state index contributed by atoms with van der Waals surface area (Å²) < 4.78 is 11.1. The molecule has 33 heavy (non-hydrogen) atoms. The topological polar surface area (TPSA) is 102 Å². The summed E-state index contributed by atoms with van der Waals surface area (Å²) in [5.74, 6) is 0.883. The third-order valence-corrected chi connectivity index (χ3v) is 4.97. The molecule has 0 radical (unpaired) electrons. The summed E-state index contributed by atoms with van der Waals surface area (Å²) in [4.78, 5) is 28.4. The second-order valence-electron chi connectivity index (χ2n) is 7.88. The molecule has 0 bridgehead atoms. The van der Waals surface area contributed by atoms with Gasteiger partial charge in [-0.25, -0.2) is 15.0 Å². The molecule has 8 heteroatoms. The molecular weight excluding hydrogens is 418 g/mol. The number of hydrogen-bond donors (Lipinski definition) is 2. The number of aromatic amines is 1. The molecule has 0 unspecified atom stereocenters. The summed E-state index contributed by atoms with van der Waals surface area (Å²) in [5.41, 5.74) is 4.81. The first-order valence-electron chi connectivity index (χ1n) is 10.5. The lowest BCUT2D eigenvalue weighted by molar-refractivity contribution is -0.111. The van der Waals surface area contributed by atoms with E-state index in [4.69, 9.17) is 9.47 Å². The highest BCUT2D eigenvalue weighted by Crippen LogP contribution is 2.34. The van der Waals surface area contributed by atoms with Crippen LogP contribution in [0, 0.1) is 5.92 Å². The van der Waals surface area contributed by atoms with Gasteiger partial charge < -0.3 is 19.8 Å². The molecule has 0 atom stereocenters. The maximum absolute atomic E-state index is 12.0. The Labute approximate surface area is 191 Å². The number of carbonyl (C=O) groups excluding carboxylic acids is 1. The number of ether oxygens (including phenoxy) is 2. The van der Waals surface area contributed by atoms with Gasteiger partial charge in [0.25, 0.3) is 0 Å². The summed E-state index contributed by atoms with van der Waals surface area (Å²) >= 11 is 0. The number of methoxy groups -OCH3 is 1. The first-order valence-corrected chi connectivity index (χ1v) is 10.5. The number of rotatable bonds is 8. The number of anilines is 1. The van der Waals surface area contributed by atoms with Crippen molar-refractivity contribution in [3.05, 3.63) is 61.7 Å². The number of nitrogens with zero attached hydrogens (tertiary/aromatic N) is 3. The van der Waals surface area contributed by atoms with Gasteiger partial charge >= 0.3 is 0 Å². The quantitative estimate of drug-likeness (QED) is 0.377. The normalized spacial score (nSPS) is 10.9. The highest BCUT2D eigenvalue weighted by Gasteiger charge is 2.14. The van der Waals surface area contributed by atoms with E-state index in [1.807, 2.05) is 44.3 Å². The number of aromatic nitrogens is 4. The molecule has 0 spiro atoms. The van der Waals surface area contributed by atoms with Crippen LogP contribution in [0.3, 0.4) is 0 Å². The molecule has 0 saturated heterocycles. The Balaban J connectivity index is 1.75. The SMILES string of the molecule is C=CC(=O)Nc1cc(-c2cnc3[nH]cc(-c4ccnc(OC)c4)c3c2)cnc1OCC(C)C. The summed E-state index contributed by atoms with van der Waals surface area (Å²) in [6.07, 6.45) is 8.30. The smallest absolute Gasteiger partial charge is 0.247 e. The average molecular weight is 444 g/mol. The van der Waals surface area contributed by atoms with Gasteiger partial charge in [0.15, 0.2) is 0 Å². The minimum atomic E-state index is -0.337. The summed E-state index contributed by atoms with van der Waals surface area (Å²) in [6, 6.07) is 7.66. The minimum Gasteiger partial charge on any atom is -0.481 e. The Bertz CT molecular complexity index is 1310. The van der Waals surface area contributed by atoms with Crippen LogP contribution in [0.2, 0.25) is 0 Å². The third-order valence-electron chi connectivity index (χ3n) is 4.97. The third kappa shape index (κ3) is 4.85. The summed E-state index contributed by atoms with van der Waals surface area (Å²) in [7, 11) is 1.59. The Kier molecular flexibility index (Phi) is 6.35. The number of hydrogen-bond acceptors (Lipinski definition) is 6. The van der Waals surface area contributed by atoms with Crippen LogP contribution in [0.25, 0.3) is 33.3 Å². The van der Waals surface area contributed by atoms with Crippen molar-refractivity contribution in [3.8, 4) is 34.0 Å². The molecule has 0 aliphatic heterocycles. The first kappa shape index (κ1) is 22.0. The molecule has 0 aromatic carbocycles. The Hall–Kier alpha value is -4.20. The van der Waals surface area contributed by atoms with E-state index in [1.165, 1.54) is 6.08 Å². The van der Waals surface area contributed by atoms with Crippen LogP contribution in [-0.4, -0.2) is 39.6 Å². The first-order chi connectivity index (χ1) is 16.0. The fraction of sp³-hybridized carbons (Fsp3) is 0.200.